The van der Waals surface area contributed by atoms with Crippen LogP contribution in [0, 0.1) is 11.3 Å². The maximum atomic E-state index is 9.35. The van der Waals surface area contributed by atoms with Crippen molar-refractivity contribution in [3.05, 3.63) is 29.8 Å². The normalized spacial score (nSPS) is 25.9. The molecule has 3 nitrogen and oxygen atoms in total. The minimum absolute atomic E-state index is 0.132. The molecule has 1 aliphatic carbocycles. The van der Waals surface area contributed by atoms with Gasteiger partial charge >= 0.3 is 0 Å². The van der Waals surface area contributed by atoms with E-state index in [-0.39, 0.29) is 6.10 Å². The van der Waals surface area contributed by atoms with Gasteiger partial charge in [-0.2, -0.15) is 5.26 Å². The molecule has 2 unspecified atom stereocenters. The van der Waals surface area contributed by atoms with Crippen LogP contribution in [0.4, 0.5) is 0 Å². The van der Waals surface area contributed by atoms with Gasteiger partial charge in [-0.1, -0.05) is 25.5 Å². The fraction of sp³-hybridized carbons (Fsp3) is 0.588. The third-order valence-electron chi connectivity index (χ3n) is 4.16. The van der Waals surface area contributed by atoms with E-state index in [4.69, 9.17) is 4.74 Å². The van der Waals surface area contributed by atoms with E-state index < -0.39 is 5.54 Å². The van der Waals surface area contributed by atoms with Gasteiger partial charge in [0.05, 0.1) is 6.07 Å². The summed E-state index contributed by atoms with van der Waals surface area (Å²) in [5, 5.41) is 12.5. The van der Waals surface area contributed by atoms with Gasteiger partial charge in [-0.05, 0) is 50.4 Å². The Morgan fingerprint density at radius 1 is 1.40 bits per heavy atom. The molecule has 0 aliphatic heterocycles. The highest BCUT2D eigenvalue weighted by atomic mass is 16.5. The lowest BCUT2D eigenvalue weighted by molar-refractivity contribution is 0.116. The Morgan fingerprint density at radius 3 is 2.75 bits per heavy atom. The van der Waals surface area contributed by atoms with Crippen LogP contribution in [0.1, 0.15) is 44.6 Å². The van der Waals surface area contributed by atoms with Crippen molar-refractivity contribution < 1.29 is 4.74 Å². The van der Waals surface area contributed by atoms with E-state index >= 15 is 0 Å². The number of rotatable bonds is 5. The quantitative estimate of drug-likeness (QED) is 0.893. The number of hydrogen-bond acceptors (Lipinski definition) is 3. The fourth-order valence-corrected chi connectivity index (χ4v) is 2.93. The molecule has 1 saturated carbocycles. The van der Waals surface area contributed by atoms with Crippen molar-refractivity contribution in [2.45, 2.75) is 57.1 Å². The molecule has 1 aromatic rings. The lowest BCUT2D eigenvalue weighted by Gasteiger charge is -2.35. The molecule has 108 valence electrons. The number of nitrogens with one attached hydrogen (secondary N) is 1. The summed E-state index contributed by atoms with van der Waals surface area (Å²) >= 11 is 0. The number of nitrogens with zero attached hydrogens (tertiary/aromatic N) is 1. The van der Waals surface area contributed by atoms with Crippen molar-refractivity contribution in [1.82, 2.24) is 5.32 Å². The van der Waals surface area contributed by atoms with E-state index in [1.165, 1.54) is 5.56 Å². The predicted octanol–water partition coefficient (Wildman–Crippen LogP) is 3.44. The number of aryl methyl sites for hydroxylation is 1. The van der Waals surface area contributed by atoms with Gasteiger partial charge in [-0.15, -0.1) is 0 Å². The molecule has 1 aliphatic rings. The summed E-state index contributed by atoms with van der Waals surface area (Å²) < 4.78 is 6.06. The van der Waals surface area contributed by atoms with Gasteiger partial charge in [0.25, 0.3) is 0 Å². The van der Waals surface area contributed by atoms with Gasteiger partial charge in [0.2, 0.25) is 0 Å². The predicted molar refractivity (Wildman–Crippen MR) is 80.7 cm³/mol. The Bertz CT molecular complexity index is 463. The maximum Gasteiger partial charge on any atom is 0.119 e. The van der Waals surface area contributed by atoms with Crippen molar-refractivity contribution in [2.75, 3.05) is 7.05 Å². The number of ether oxygens (including phenoxy) is 1. The molecule has 0 heterocycles. The summed E-state index contributed by atoms with van der Waals surface area (Å²) in [6, 6.07) is 10.8. The summed E-state index contributed by atoms with van der Waals surface area (Å²) in [6.45, 7) is 2.19. The first-order chi connectivity index (χ1) is 9.71. The summed E-state index contributed by atoms with van der Waals surface area (Å²) in [6.07, 6.45) is 6.14. The van der Waals surface area contributed by atoms with Crippen LogP contribution < -0.4 is 10.1 Å². The third-order valence-corrected chi connectivity index (χ3v) is 4.16. The van der Waals surface area contributed by atoms with Gasteiger partial charge in [0.15, 0.2) is 0 Å². The Labute approximate surface area is 121 Å². The number of hydrogen-bond donors (Lipinski definition) is 1. The third kappa shape index (κ3) is 3.52. The SMILES string of the molecule is CCCc1ccc(OC2CCCC(C#N)(NC)C2)cc1. The molecule has 0 aromatic heterocycles. The number of nitriles is 1. The minimum Gasteiger partial charge on any atom is -0.490 e. The summed E-state index contributed by atoms with van der Waals surface area (Å²) in [5.74, 6) is 0.916. The van der Waals surface area contributed by atoms with Gasteiger partial charge < -0.3 is 10.1 Å². The highest BCUT2D eigenvalue weighted by Crippen LogP contribution is 2.30. The maximum absolute atomic E-state index is 9.35. The van der Waals surface area contributed by atoms with Crippen LogP contribution in [-0.4, -0.2) is 18.7 Å². The van der Waals surface area contributed by atoms with Crippen molar-refractivity contribution in [3.63, 3.8) is 0 Å². The summed E-state index contributed by atoms with van der Waals surface area (Å²) in [4.78, 5) is 0. The Kier molecular flexibility index (Phi) is 5.03. The van der Waals surface area contributed by atoms with E-state index in [0.717, 1.165) is 44.3 Å². The first-order valence-electron chi connectivity index (χ1n) is 7.57. The zero-order chi connectivity index (χ0) is 14.4. The molecule has 0 spiro atoms. The highest BCUT2D eigenvalue weighted by molar-refractivity contribution is 5.27. The molecule has 3 heteroatoms. The monoisotopic (exact) mass is 272 g/mol. The smallest absolute Gasteiger partial charge is 0.119 e. The van der Waals surface area contributed by atoms with Gasteiger partial charge in [-0.25, -0.2) is 0 Å². The van der Waals surface area contributed by atoms with Crippen molar-refractivity contribution in [2.24, 2.45) is 0 Å². The average Bonchev–Trinajstić information content (AvgIpc) is 2.50. The largest absolute Gasteiger partial charge is 0.490 e. The summed E-state index contributed by atoms with van der Waals surface area (Å²) in [5.41, 5.74) is 0.940. The van der Waals surface area contributed by atoms with Crippen molar-refractivity contribution >= 4 is 0 Å². The lowest BCUT2D eigenvalue weighted by Crippen LogP contribution is -2.48. The van der Waals surface area contributed by atoms with E-state index in [9.17, 15) is 5.26 Å². The van der Waals surface area contributed by atoms with Gasteiger partial charge in [0.1, 0.15) is 17.4 Å². The van der Waals surface area contributed by atoms with E-state index in [0.29, 0.717) is 0 Å². The fourth-order valence-electron chi connectivity index (χ4n) is 2.93. The van der Waals surface area contributed by atoms with Crippen LogP contribution in [0.5, 0.6) is 5.75 Å². The number of benzene rings is 1. The second-order valence-corrected chi connectivity index (χ2v) is 5.67. The highest BCUT2D eigenvalue weighted by Gasteiger charge is 2.36. The molecule has 20 heavy (non-hydrogen) atoms. The molecule has 0 bridgehead atoms. The molecular weight excluding hydrogens is 248 g/mol. The zero-order valence-corrected chi connectivity index (χ0v) is 12.5. The molecule has 2 atom stereocenters. The van der Waals surface area contributed by atoms with Crippen LogP contribution in [0.25, 0.3) is 0 Å². The topological polar surface area (TPSA) is 45.0 Å². The molecule has 0 saturated heterocycles. The Morgan fingerprint density at radius 2 is 2.15 bits per heavy atom. The minimum atomic E-state index is -0.412. The van der Waals surface area contributed by atoms with Crippen molar-refractivity contribution in [3.8, 4) is 11.8 Å². The van der Waals surface area contributed by atoms with Crippen LogP contribution in [0.2, 0.25) is 0 Å². The molecule has 1 N–H and O–H groups in total. The summed E-state index contributed by atoms with van der Waals surface area (Å²) in [7, 11) is 1.87. The first-order valence-corrected chi connectivity index (χ1v) is 7.57. The molecule has 1 fully saturated rings. The first kappa shape index (κ1) is 14.9. The van der Waals surface area contributed by atoms with Gasteiger partial charge in [0, 0.05) is 6.42 Å². The van der Waals surface area contributed by atoms with Crippen LogP contribution in [0.15, 0.2) is 24.3 Å². The van der Waals surface area contributed by atoms with Crippen LogP contribution in [-0.2, 0) is 6.42 Å². The molecule has 0 radical (unpaired) electrons. The second kappa shape index (κ2) is 6.76. The zero-order valence-electron chi connectivity index (χ0n) is 12.5. The van der Waals surface area contributed by atoms with Crippen LogP contribution in [0.3, 0.4) is 0 Å². The molecular formula is C17H24N2O. The molecule has 2 rings (SSSR count). The van der Waals surface area contributed by atoms with Gasteiger partial charge in [-0.3, -0.25) is 0 Å². The second-order valence-electron chi connectivity index (χ2n) is 5.67. The van der Waals surface area contributed by atoms with Crippen molar-refractivity contribution in [1.29, 1.82) is 5.26 Å². The lowest BCUT2D eigenvalue weighted by atomic mass is 9.81. The van der Waals surface area contributed by atoms with E-state index in [2.05, 4.69) is 30.4 Å². The van der Waals surface area contributed by atoms with Crippen LogP contribution >= 0.6 is 0 Å². The molecule has 1 aromatic carbocycles. The Balaban J connectivity index is 1.97. The van der Waals surface area contributed by atoms with E-state index in [1.807, 2.05) is 19.2 Å². The van der Waals surface area contributed by atoms with E-state index in [1.54, 1.807) is 0 Å². The Hall–Kier alpha value is -1.53. The average molecular weight is 272 g/mol. The molecule has 0 amide bonds. The standard InChI is InChI=1S/C17H24N2O/c1-3-5-14-7-9-15(10-8-14)20-16-6-4-11-17(12-16,13-18)19-2/h7-10,16,19H,3-6,11-12H2,1-2H3.